The highest BCUT2D eigenvalue weighted by atomic mass is 32.2. The van der Waals surface area contributed by atoms with Crippen molar-refractivity contribution in [3.05, 3.63) is 0 Å². The third kappa shape index (κ3) is 4.21. The summed E-state index contributed by atoms with van der Waals surface area (Å²) in [6.45, 7) is 6.59. The summed E-state index contributed by atoms with van der Waals surface area (Å²) in [5, 5.41) is -0.496. The van der Waals surface area contributed by atoms with Crippen molar-refractivity contribution >= 4 is 10.0 Å². The van der Waals surface area contributed by atoms with Crippen molar-refractivity contribution in [2.24, 2.45) is 0 Å². The lowest BCUT2D eigenvalue weighted by molar-refractivity contribution is 0.200. The van der Waals surface area contributed by atoms with Crippen LogP contribution in [0.1, 0.15) is 26.7 Å². The van der Waals surface area contributed by atoms with E-state index in [4.69, 9.17) is 4.74 Å². The van der Waals surface area contributed by atoms with E-state index in [1.54, 1.807) is 6.92 Å². The summed E-state index contributed by atoms with van der Waals surface area (Å²) in [6, 6.07) is 0.351. The highest BCUT2D eigenvalue weighted by Gasteiger charge is 2.26. The SMILES string of the molecule is CCN1CCC[C@@H]1CNS(=O)(=O)[C@H](C)COC. The highest BCUT2D eigenvalue weighted by molar-refractivity contribution is 7.90. The van der Waals surface area contributed by atoms with Gasteiger partial charge in [-0.25, -0.2) is 13.1 Å². The molecule has 0 aromatic rings. The van der Waals surface area contributed by atoms with Crippen molar-refractivity contribution in [2.45, 2.75) is 38.0 Å². The number of nitrogens with one attached hydrogen (secondary N) is 1. The minimum atomic E-state index is -3.24. The summed E-state index contributed by atoms with van der Waals surface area (Å²) < 4.78 is 31.3. The molecule has 2 atom stereocenters. The third-order valence-corrected chi connectivity index (χ3v) is 5.12. The Balaban J connectivity index is 2.44. The van der Waals surface area contributed by atoms with Crippen LogP contribution in [-0.2, 0) is 14.8 Å². The van der Waals surface area contributed by atoms with Gasteiger partial charge in [-0.15, -0.1) is 0 Å². The Bertz CT molecular complexity index is 319. The van der Waals surface area contributed by atoms with Crippen LogP contribution in [0.5, 0.6) is 0 Å². The Kier molecular flexibility index (Phi) is 5.85. The molecular formula is C11H24N2O3S. The van der Waals surface area contributed by atoms with E-state index in [-0.39, 0.29) is 6.61 Å². The van der Waals surface area contributed by atoms with Gasteiger partial charge in [-0.3, -0.25) is 4.90 Å². The molecule has 1 rings (SSSR count). The fourth-order valence-corrected chi connectivity index (χ4v) is 3.25. The van der Waals surface area contributed by atoms with Crippen LogP contribution in [-0.4, -0.2) is 58.0 Å². The summed E-state index contributed by atoms with van der Waals surface area (Å²) in [5.74, 6) is 0. The molecule has 0 aromatic carbocycles. The normalized spacial score (nSPS) is 24.1. The predicted molar refractivity (Wildman–Crippen MR) is 68.5 cm³/mol. The molecule has 0 aliphatic carbocycles. The number of hydrogen-bond donors (Lipinski definition) is 1. The minimum Gasteiger partial charge on any atom is -0.383 e. The second-order valence-corrected chi connectivity index (χ2v) is 6.77. The van der Waals surface area contributed by atoms with Crippen LogP contribution in [0.4, 0.5) is 0 Å². The third-order valence-electron chi connectivity index (χ3n) is 3.36. The van der Waals surface area contributed by atoms with Crippen LogP contribution >= 0.6 is 0 Å². The van der Waals surface area contributed by atoms with Gasteiger partial charge in [0.1, 0.15) is 0 Å². The lowest BCUT2D eigenvalue weighted by Crippen LogP contribution is -2.43. The van der Waals surface area contributed by atoms with Crippen molar-refractivity contribution in [2.75, 3.05) is 33.4 Å². The number of nitrogens with zero attached hydrogens (tertiary/aromatic N) is 1. The number of sulfonamides is 1. The van der Waals surface area contributed by atoms with Gasteiger partial charge < -0.3 is 4.74 Å². The summed E-state index contributed by atoms with van der Waals surface area (Å²) in [4.78, 5) is 2.32. The Morgan fingerprint density at radius 3 is 2.82 bits per heavy atom. The molecule has 0 saturated carbocycles. The molecule has 0 unspecified atom stereocenters. The van der Waals surface area contributed by atoms with Crippen molar-refractivity contribution < 1.29 is 13.2 Å². The number of likely N-dealkylation sites (tertiary alicyclic amines) is 1. The fourth-order valence-electron chi connectivity index (χ4n) is 2.22. The molecule has 5 nitrogen and oxygen atoms in total. The van der Waals surface area contributed by atoms with Crippen molar-refractivity contribution in [1.82, 2.24) is 9.62 Å². The molecule has 1 aliphatic rings. The zero-order valence-corrected chi connectivity index (χ0v) is 11.8. The summed E-state index contributed by atoms with van der Waals surface area (Å²) in [5.41, 5.74) is 0. The number of ether oxygens (including phenoxy) is 1. The predicted octanol–water partition coefficient (Wildman–Crippen LogP) is 0.425. The second-order valence-electron chi connectivity index (χ2n) is 4.58. The van der Waals surface area contributed by atoms with Crippen LogP contribution in [0.2, 0.25) is 0 Å². The molecule has 1 heterocycles. The summed E-state index contributed by atoms with van der Waals surface area (Å²) >= 11 is 0. The monoisotopic (exact) mass is 264 g/mol. The molecule has 0 bridgehead atoms. The molecule has 0 spiro atoms. The zero-order chi connectivity index (χ0) is 12.9. The lowest BCUT2D eigenvalue weighted by atomic mass is 10.2. The van der Waals surface area contributed by atoms with E-state index in [2.05, 4.69) is 16.5 Å². The van der Waals surface area contributed by atoms with E-state index >= 15 is 0 Å². The number of rotatable bonds is 7. The standard InChI is InChI=1S/C11H24N2O3S/c1-4-13-7-5-6-11(13)8-12-17(14,15)10(2)9-16-3/h10-12H,4-9H2,1-3H3/t10-,11-/m1/s1. The Labute approximate surface area is 105 Å². The van der Waals surface area contributed by atoms with Gasteiger partial charge in [0.15, 0.2) is 0 Å². The van der Waals surface area contributed by atoms with Gasteiger partial charge in [-0.05, 0) is 32.9 Å². The molecule has 1 N–H and O–H groups in total. The Hall–Kier alpha value is -0.170. The molecule has 1 saturated heterocycles. The quantitative estimate of drug-likeness (QED) is 0.724. The van der Waals surface area contributed by atoms with E-state index in [0.29, 0.717) is 12.6 Å². The first-order chi connectivity index (χ1) is 8.01. The number of hydrogen-bond acceptors (Lipinski definition) is 4. The average molecular weight is 264 g/mol. The molecule has 6 heteroatoms. The average Bonchev–Trinajstić information content (AvgIpc) is 2.74. The van der Waals surface area contributed by atoms with Gasteiger partial charge >= 0.3 is 0 Å². The van der Waals surface area contributed by atoms with Gasteiger partial charge in [0.2, 0.25) is 10.0 Å². The van der Waals surface area contributed by atoms with E-state index < -0.39 is 15.3 Å². The molecule has 0 amide bonds. The first-order valence-corrected chi connectivity index (χ1v) is 7.77. The zero-order valence-electron chi connectivity index (χ0n) is 11.0. The summed E-state index contributed by atoms with van der Waals surface area (Å²) in [7, 11) is -1.73. The van der Waals surface area contributed by atoms with Crippen molar-refractivity contribution in [3.63, 3.8) is 0 Å². The number of likely N-dealkylation sites (N-methyl/N-ethyl adjacent to an activating group) is 1. The topological polar surface area (TPSA) is 58.6 Å². The molecule has 17 heavy (non-hydrogen) atoms. The maximum Gasteiger partial charge on any atom is 0.216 e. The van der Waals surface area contributed by atoms with E-state index in [9.17, 15) is 8.42 Å². The Morgan fingerprint density at radius 1 is 1.53 bits per heavy atom. The lowest BCUT2D eigenvalue weighted by Gasteiger charge is -2.23. The number of methoxy groups -OCH3 is 1. The largest absolute Gasteiger partial charge is 0.383 e. The van der Waals surface area contributed by atoms with Gasteiger partial charge in [0.25, 0.3) is 0 Å². The highest BCUT2D eigenvalue weighted by Crippen LogP contribution is 2.16. The van der Waals surface area contributed by atoms with Gasteiger partial charge in [0.05, 0.1) is 11.9 Å². The molecule has 1 aliphatic heterocycles. The van der Waals surface area contributed by atoms with Crippen LogP contribution in [0, 0.1) is 0 Å². The van der Waals surface area contributed by atoms with Crippen molar-refractivity contribution in [1.29, 1.82) is 0 Å². The smallest absolute Gasteiger partial charge is 0.216 e. The van der Waals surface area contributed by atoms with E-state index in [1.807, 2.05) is 0 Å². The molecule has 1 fully saturated rings. The second kappa shape index (κ2) is 6.68. The molecule has 0 aromatic heterocycles. The van der Waals surface area contributed by atoms with Gasteiger partial charge in [-0.1, -0.05) is 6.92 Å². The van der Waals surface area contributed by atoms with Crippen molar-refractivity contribution in [3.8, 4) is 0 Å². The van der Waals surface area contributed by atoms with E-state index in [1.165, 1.54) is 7.11 Å². The van der Waals surface area contributed by atoms with Gasteiger partial charge in [0, 0.05) is 19.7 Å². The Morgan fingerprint density at radius 2 is 2.24 bits per heavy atom. The molecular weight excluding hydrogens is 240 g/mol. The van der Waals surface area contributed by atoms with Crippen LogP contribution in [0.25, 0.3) is 0 Å². The van der Waals surface area contributed by atoms with E-state index in [0.717, 1.165) is 25.9 Å². The molecule has 102 valence electrons. The van der Waals surface area contributed by atoms with Crippen LogP contribution < -0.4 is 4.72 Å². The van der Waals surface area contributed by atoms with Crippen LogP contribution in [0.15, 0.2) is 0 Å². The van der Waals surface area contributed by atoms with Crippen LogP contribution in [0.3, 0.4) is 0 Å². The first-order valence-electron chi connectivity index (χ1n) is 6.22. The van der Waals surface area contributed by atoms with Gasteiger partial charge in [-0.2, -0.15) is 0 Å². The molecule has 0 radical (unpaired) electrons. The minimum absolute atomic E-state index is 0.234. The maximum absolute atomic E-state index is 11.9. The first kappa shape index (κ1) is 14.9. The fraction of sp³-hybridized carbons (Fsp3) is 1.00. The summed E-state index contributed by atoms with van der Waals surface area (Å²) in [6.07, 6.45) is 2.24. The maximum atomic E-state index is 11.9.